The summed E-state index contributed by atoms with van der Waals surface area (Å²) < 4.78 is 0.607. The Morgan fingerprint density at radius 3 is 2.92 bits per heavy atom. The molecule has 2 nitrogen and oxygen atoms in total. The number of ketones is 1. The molecule has 0 spiro atoms. The molecule has 12 heavy (non-hydrogen) atoms. The van der Waals surface area contributed by atoms with Gasteiger partial charge in [0.15, 0.2) is 5.78 Å². The summed E-state index contributed by atoms with van der Waals surface area (Å²) in [6.45, 7) is 0. The molecule has 0 atom stereocenters. The van der Waals surface area contributed by atoms with Crippen molar-refractivity contribution in [3.05, 3.63) is 21.3 Å². The van der Waals surface area contributed by atoms with Gasteiger partial charge in [-0.05, 0) is 12.1 Å². The number of hydrogen-bond donors (Lipinski definition) is 0. The fraction of sp³-hybridized carbons (Fsp3) is 0.250. The predicted molar refractivity (Wildman–Crippen MR) is 48.5 cm³/mol. The van der Waals surface area contributed by atoms with Crippen LogP contribution in [0.5, 0.6) is 0 Å². The molecular formula is C8H6ClNOS. The Bertz CT molecular complexity index is 326. The number of carbonyl (C=O) groups excluding carboxylic acids is 1. The summed E-state index contributed by atoms with van der Waals surface area (Å²) in [5.41, 5.74) is 0. The Hall–Kier alpha value is -0.850. The van der Waals surface area contributed by atoms with Crippen LogP contribution in [0.25, 0.3) is 0 Å². The first kappa shape index (κ1) is 9.24. The standard InChI is InChI=1S/C8H6ClNOS/c9-8-4-3-7(12-8)6(11)2-1-5-10/h3-4H,1-2H2. The molecule has 0 saturated carbocycles. The van der Waals surface area contributed by atoms with E-state index in [1.54, 1.807) is 12.1 Å². The molecule has 0 N–H and O–H groups in total. The van der Waals surface area contributed by atoms with Crippen LogP contribution < -0.4 is 0 Å². The Labute approximate surface area is 79.4 Å². The van der Waals surface area contributed by atoms with Crippen LogP contribution in [0, 0.1) is 11.3 Å². The van der Waals surface area contributed by atoms with Crippen LogP contribution in [-0.2, 0) is 0 Å². The molecule has 0 fully saturated rings. The number of nitrogens with zero attached hydrogens (tertiary/aromatic N) is 1. The van der Waals surface area contributed by atoms with Crippen LogP contribution in [0.1, 0.15) is 22.5 Å². The van der Waals surface area contributed by atoms with Crippen LogP contribution >= 0.6 is 22.9 Å². The van der Waals surface area contributed by atoms with Gasteiger partial charge < -0.3 is 0 Å². The van der Waals surface area contributed by atoms with Crippen LogP contribution in [-0.4, -0.2) is 5.78 Å². The molecule has 0 amide bonds. The smallest absolute Gasteiger partial charge is 0.173 e. The third-order valence-electron chi connectivity index (χ3n) is 1.31. The summed E-state index contributed by atoms with van der Waals surface area (Å²) in [6.07, 6.45) is 0.557. The monoisotopic (exact) mass is 199 g/mol. The highest BCUT2D eigenvalue weighted by Gasteiger charge is 2.07. The van der Waals surface area contributed by atoms with Gasteiger partial charge >= 0.3 is 0 Å². The van der Waals surface area contributed by atoms with Crippen molar-refractivity contribution < 1.29 is 4.79 Å². The Balaban J connectivity index is 2.61. The van der Waals surface area contributed by atoms with E-state index in [1.807, 2.05) is 6.07 Å². The van der Waals surface area contributed by atoms with Crippen LogP contribution in [0.15, 0.2) is 12.1 Å². The number of hydrogen-bond acceptors (Lipinski definition) is 3. The van der Waals surface area contributed by atoms with E-state index in [0.717, 1.165) is 0 Å². The zero-order chi connectivity index (χ0) is 8.97. The maximum absolute atomic E-state index is 11.2. The minimum atomic E-state index is -0.00606. The second-order valence-corrected chi connectivity index (χ2v) is 3.90. The molecule has 0 aliphatic heterocycles. The summed E-state index contributed by atoms with van der Waals surface area (Å²) in [5.74, 6) is -0.00606. The largest absolute Gasteiger partial charge is 0.293 e. The van der Waals surface area contributed by atoms with Crippen LogP contribution in [0.4, 0.5) is 0 Å². The van der Waals surface area contributed by atoms with Gasteiger partial charge in [0, 0.05) is 12.8 Å². The average molecular weight is 200 g/mol. The highest BCUT2D eigenvalue weighted by Crippen LogP contribution is 2.22. The van der Waals surface area contributed by atoms with Gasteiger partial charge in [-0.1, -0.05) is 11.6 Å². The first-order valence-electron chi connectivity index (χ1n) is 3.39. The van der Waals surface area contributed by atoms with E-state index >= 15 is 0 Å². The second kappa shape index (κ2) is 4.24. The molecule has 0 aromatic carbocycles. The molecule has 1 aromatic heterocycles. The van der Waals surface area contributed by atoms with E-state index in [-0.39, 0.29) is 18.6 Å². The number of thiophene rings is 1. The van der Waals surface area contributed by atoms with Crippen LogP contribution in [0.2, 0.25) is 4.34 Å². The van der Waals surface area contributed by atoms with E-state index in [2.05, 4.69) is 0 Å². The lowest BCUT2D eigenvalue weighted by Gasteiger charge is -1.89. The molecule has 0 bridgehead atoms. The average Bonchev–Trinajstić information content (AvgIpc) is 2.47. The number of rotatable bonds is 3. The molecule has 62 valence electrons. The third kappa shape index (κ3) is 2.33. The summed E-state index contributed by atoms with van der Waals surface area (Å²) in [4.78, 5) is 11.9. The Morgan fingerprint density at radius 2 is 2.42 bits per heavy atom. The molecular weight excluding hydrogens is 194 g/mol. The van der Waals surface area contributed by atoms with Crippen molar-refractivity contribution in [3.8, 4) is 6.07 Å². The minimum Gasteiger partial charge on any atom is -0.293 e. The van der Waals surface area contributed by atoms with Gasteiger partial charge in [-0.3, -0.25) is 4.79 Å². The van der Waals surface area contributed by atoms with Crippen molar-refractivity contribution in [2.24, 2.45) is 0 Å². The van der Waals surface area contributed by atoms with E-state index in [4.69, 9.17) is 16.9 Å². The fourth-order valence-corrected chi connectivity index (χ4v) is 1.77. The van der Waals surface area contributed by atoms with E-state index in [0.29, 0.717) is 9.21 Å². The summed E-state index contributed by atoms with van der Waals surface area (Å²) in [5, 5.41) is 8.24. The first-order chi connectivity index (χ1) is 5.74. The van der Waals surface area contributed by atoms with Crippen molar-refractivity contribution in [1.82, 2.24) is 0 Å². The highest BCUT2D eigenvalue weighted by atomic mass is 35.5. The second-order valence-electron chi connectivity index (χ2n) is 2.19. The quantitative estimate of drug-likeness (QED) is 0.703. The highest BCUT2D eigenvalue weighted by molar-refractivity contribution is 7.18. The zero-order valence-corrected chi connectivity index (χ0v) is 7.78. The van der Waals surface area contributed by atoms with Crippen molar-refractivity contribution >= 4 is 28.7 Å². The van der Waals surface area contributed by atoms with Gasteiger partial charge in [0.1, 0.15) is 0 Å². The number of nitriles is 1. The molecule has 0 radical (unpaired) electrons. The maximum atomic E-state index is 11.2. The van der Waals surface area contributed by atoms with Gasteiger partial charge in [0.2, 0.25) is 0 Å². The number of Topliss-reactive ketones (excluding diaryl/α,β-unsaturated/α-hetero) is 1. The summed E-state index contributed by atoms with van der Waals surface area (Å²) >= 11 is 6.89. The van der Waals surface area contributed by atoms with E-state index in [1.165, 1.54) is 11.3 Å². The summed E-state index contributed by atoms with van der Waals surface area (Å²) in [6, 6.07) is 5.30. The zero-order valence-electron chi connectivity index (χ0n) is 6.21. The fourth-order valence-electron chi connectivity index (χ4n) is 0.757. The minimum absolute atomic E-state index is 0.00606. The topological polar surface area (TPSA) is 40.9 Å². The Kier molecular flexibility index (Phi) is 3.27. The molecule has 0 unspecified atom stereocenters. The van der Waals surface area contributed by atoms with Gasteiger partial charge in [-0.25, -0.2) is 0 Å². The molecule has 4 heteroatoms. The normalized spacial score (nSPS) is 9.33. The lowest BCUT2D eigenvalue weighted by atomic mass is 10.2. The molecule has 0 saturated heterocycles. The van der Waals surface area contributed by atoms with Crippen LogP contribution in [0.3, 0.4) is 0 Å². The van der Waals surface area contributed by atoms with E-state index in [9.17, 15) is 4.79 Å². The van der Waals surface area contributed by atoms with Crippen molar-refractivity contribution in [1.29, 1.82) is 5.26 Å². The Morgan fingerprint density at radius 1 is 1.67 bits per heavy atom. The van der Waals surface area contributed by atoms with Gasteiger partial charge in [0.05, 0.1) is 15.3 Å². The van der Waals surface area contributed by atoms with Gasteiger partial charge in [-0.2, -0.15) is 5.26 Å². The molecule has 1 aromatic rings. The van der Waals surface area contributed by atoms with Gasteiger partial charge in [-0.15, -0.1) is 11.3 Å². The molecule has 1 heterocycles. The molecule has 1 rings (SSSR count). The molecule has 0 aliphatic carbocycles. The lowest BCUT2D eigenvalue weighted by molar-refractivity contribution is 0.0988. The van der Waals surface area contributed by atoms with Crippen molar-refractivity contribution in [3.63, 3.8) is 0 Å². The molecule has 0 aliphatic rings. The van der Waals surface area contributed by atoms with Crippen molar-refractivity contribution in [2.75, 3.05) is 0 Å². The predicted octanol–water partition coefficient (Wildman–Crippen LogP) is 2.89. The number of halogens is 1. The van der Waals surface area contributed by atoms with Gasteiger partial charge in [0.25, 0.3) is 0 Å². The van der Waals surface area contributed by atoms with E-state index < -0.39 is 0 Å². The third-order valence-corrected chi connectivity index (χ3v) is 2.58. The first-order valence-corrected chi connectivity index (χ1v) is 4.59. The van der Waals surface area contributed by atoms with Crippen molar-refractivity contribution in [2.45, 2.75) is 12.8 Å². The lowest BCUT2D eigenvalue weighted by Crippen LogP contribution is -1.93. The summed E-state index contributed by atoms with van der Waals surface area (Å²) in [7, 11) is 0. The SMILES string of the molecule is N#CCCC(=O)c1ccc(Cl)s1. The maximum Gasteiger partial charge on any atom is 0.173 e. The number of carbonyl (C=O) groups is 1.